The minimum Gasteiger partial charge on any atom is -0.464 e. The SMILES string of the molecule is CCOC(=O)C(F)[C@@H](N)c1cccc(Br)c1.Cl. The molecule has 2 atom stereocenters. The standard InChI is InChI=1S/C11H13BrFNO2.ClH/c1-2-16-11(15)9(13)10(14)7-4-3-5-8(12)6-7;/h3-6,9-10H,2,14H2,1H3;1H/t9?,10-;/m0./s1. The molecule has 0 saturated carbocycles. The highest BCUT2D eigenvalue weighted by Gasteiger charge is 2.27. The summed E-state index contributed by atoms with van der Waals surface area (Å²) < 4.78 is 18.9. The maximum atomic E-state index is 13.6. The van der Waals surface area contributed by atoms with E-state index in [4.69, 9.17) is 5.73 Å². The third-order valence-electron chi connectivity index (χ3n) is 2.06. The quantitative estimate of drug-likeness (QED) is 0.866. The van der Waals surface area contributed by atoms with Gasteiger partial charge in [0, 0.05) is 4.47 Å². The van der Waals surface area contributed by atoms with Gasteiger partial charge in [0.15, 0.2) is 0 Å². The molecule has 6 heteroatoms. The van der Waals surface area contributed by atoms with Gasteiger partial charge >= 0.3 is 5.97 Å². The number of nitrogens with two attached hydrogens (primary N) is 1. The summed E-state index contributed by atoms with van der Waals surface area (Å²) in [5.41, 5.74) is 6.19. The summed E-state index contributed by atoms with van der Waals surface area (Å²) in [5, 5.41) is 0. The van der Waals surface area contributed by atoms with Crippen molar-refractivity contribution in [3.63, 3.8) is 0 Å². The van der Waals surface area contributed by atoms with Crippen LogP contribution >= 0.6 is 28.3 Å². The van der Waals surface area contributed by atoms with Crippen molar-refractivity contribution in [1.82, 2.24) is 0 Å². The van der Waals surface area contributed by atoms with E-state index in [1.54, 1.807) is 31.2 Å². The van der Waals surface area contributed by atoms with E-state index in [9.17, 15) is 9.18 Å². The van der Waals surface area contributed by atoms with Gasteiger partial charge < -0.3 is 10.5 Å². The first-order valence-electron chi connectivity index (χ1n) is 4.88. The van der Waals surface area contributed by atoms with Crippen molar-refractivity contribution in [3.8, 4) is 0 Å². The Balaban J connectivity index is 0.00000256. The first-order chi connectivity index (χ1) is 7.56. The molecule has 0 saturated heterocycles. The van der Waals surface area contributed by atoms with Crippen LogP contribution in [0.3, 0.4) is 0 Å². The van der Waals surface area contributed by atoms with Crippen molar-refractivity contribution >= 4 is 34.3 Å². The van der Waals surface area contributed by atoms with Gasteiger partial charge in [0.2, 0.25) is 6.17 Å². The van der Waals surface area contributed by atoms with Gasteiger partial charge in [-0.15, -0.1) is 12.4 Å². The number of hydrogen-bond acceptors (Lipinski definition) is 3. The molecule has 0 aliphatic rings. The minimum absolute atomic E-state index is 0. The van der Waals surface area contributed by atoms with Gasteiger partial charge in [0.25, 0.3) is 0 Å². The molecule has 96 valence electrons. The maximum absolute atomic E-state index is 13.6. The fourth-order valence-corrected chi connectivity index (χ4v) is 1.67. The van der Waals surface area contributed by atoms with Gasteiger partial charge in [-0.1, -0.05) is 28.1 Å². The largest absolute Gasteiger partial charge is 0.464 e. The number of ether oxygens (including phenoxy) is 1. The van der Waals surface area contributed by atoms with Crippen molar-refractivity contribution in [1.29, 1.82) is 0 Å². The maximum Gasteiger partial charge on any atom is 0.342 e. The molecule has 1 unspecified atom stereocenters. The fraction of sp³-hybridized carbons (Fsp3) is 0.364. The summed E-state index contributed by atoms with van der Waals surface area (Å²) in [4.78, 5) is 11.2. The molecule has 0 amide bonds. The van der Waals surface area contributed by atoms with Crippen LogP contribution in [-0.4, -0.2) is 18.7 Å². The summed E-state index contributed by atoms with van der Waals surface area (Å²) in [6.07, 6.45) is -1.84. The highest BCUT2D eigenvalue weighted by Crippen LogP contribution is 2.21. The molecule has 2 N–H and O–H groups in total. The van der Waals surface area contributed by atoms with Crippen molar-refractivity contribution in [2.24, 2.45) is 5.73 Å². The second-order valence-corrected chi connectivity index (χ2v) is 4.15. The Morgan fingerprint density at radius 2 is 2.24 bits per heavy atom. The van der Waals surface area contributed by atoms with Crippen LogP contribution in [-0.2, 0) is 9.53 Å². The van der Waals surface area contributed by atoms with Crippen LogP contribution in [0.1, 0.15) is 18.5 Å². The van der Waals surface area contributed by atoms with Gasteiger partial charge in [-0.05, 0) is 24.6 Å². The fourth-order valence-electron chi connectivity index (χ4n) is 1.25. The van der Waals surface area contributed by atoms with Crippen LogP contribution in [0.25, 0.3) is 0 Å². The van der Waals surface area contributed by atoms with Crippen LogP contribution in [0, 0.1) is 0 Å². The average molecular weight is 327 g/mol. The van der Waals surface area contributed by atoms with Gasteiger partial charge in [-0.25, -0.2) is 9.18 Å². The van der Waals surface area contributed by atoms with Crippen molar-refractivity contribution in [2.45, 2.75) is 19.1 Å². The summed E-state index contributed by atoms with van der Waals surface area (Å²) in [7, 11) is 0. The number of carbonyl (C=O) groups is 1. The smallest absolute Gasteiger partial charge is 0.342 e. The number of alkyl halides is 1. The molecule has 0 aliphatic heterocycles. The normalized spacial score (nSPS) is 13.4. The number of rotatable bonds is 4. The van der Waals surface area contributed by atoms with E-state index >= 15 is 0 Å². The molecule has 0 spiro atoms. The van der Waals surface area contributed by atoms with Gasteiger partial charge in [0.05, 0.1) is 12.6 Å². The molecule has 0 bridgehead atoms. The van der Waals surface area contributed by atoms with Crippen LogP contribution in [0.4, 0.5) is 4.39 Å². The number of halogens is 3. The van der Waals surface area contributed by atoms with E-state index in [2.05, 4.69) is 20.7 Å². The molecule has 1 rings (SSSR count). The lowest BCUT2D eigenvalue weighted by Crippen LogP contribution is -2.31. The van der Waals surface area contributed by atoms with Crippen LogP contribution < -0.4 is 5.73 Å². The summed E-state index contributed by atoms with van der Waals surface area (Å²) in [6.45, 7) is 1.76. The number of hydrogen-bond donors (Lipinski definition) is 1. The first-order valence-corrected chi connectivity index (χ1v) is 5.67. The monoisotopic (exact) mass is 325 g/mol. The highest BCUT2D eigenvalue weighted by molar-refractivity contribution is 9.10. The zero-order valence-electron chi connectivity index (χ0n) is 9.23. The van der Waals surface area contributed by atoms with Crippen LogP contribution in [0.2, 0.25) is 0 Å². The number of esters is 1. The third kappa shape index (κ3) is 4.61. The predicted molar refractivity (Wildman–Crippen MR) is 69.8 cm³/mol. The summed E-state index contributed by atoms with van der Waals surface area (Å²) in [5.74, 6) is -0.921. The first kappa shape index (κ1) is 16.4. The third-order valence-corrected chi connectivity index (χ3v) is 2.55. The van der Waals surface area contributed by atoms with E-state index in [0.29, 0.717) is 5.56 Å². The Hall–Kier alpha value is -0.650. The molecule has 1 aromatic rings. The van der Waals surface area contributed by atoms with Crippen LogP contribution in [0.5, 0.6) is 0 Å². The molecule has 0 aliphatic carbocycles. The molecular formula is C11H14BrClFNO2. The van der Waals surface area contributed by atoms with Crippen LogP contribution in [0.15, 0.2) is 28.7 Å². The summed E-state index contributed by atoms with van der Waals surface area (Å²) in [6, 6.07) is 5.87. The molecule has 0 heterocycles. The van der Waals surface area contributed by atoms with E-state index in [0.717, 1.165) is 4.47 Å². The molecule has 0 aromatic heterocycles. The van der Waals surface area contributed by atoms with Gasteiger partial charge in [-0.3, -0.25) is 0 Å². The average Bonchev–Trinajstić information content (AvgIpc) is 2.27. The van der Waals surface area contributed by atoms with E-state index in [1.165, 1.54) is 0 Å². The van der Waals surface area contributed by atoms with E-state index < -0.39 is 18.2 Å². The van der Waals surface area contributed by atoms with Gasteiger partial charge in [-0.2, -0.15) is 0 Å². The Bertz CT molecular complexity index is 378. The molecule has 1 aromatic carbocycles. The number of benzene rings is 1. The molecule has 0 fully saturated rings. The molecule has 0 radical (unpaired) electrons. The van der Waals surface area contributed by atoms with Crippen molar-refractivity contribution in [2.75, 3.05) is 6.61 Å². The molecule has 17 heavy (non-hydrogen) atoms. The topological polar surface area (TPSA) is 52.3 Å². The Morgan fingerprint density at radius 3 is 2.76 bits per heavy atom. The molecule has 3 nitrogen and oxygen atoms in total. The lowest BCUT2D eigenvalue weighted by molar-refractivity contribution is -0.149. The van der Waals surface area contributed by atoms with E-state index in [1.807, 2.05) is 0 Å². The van der Waals surface area contributed by atoms with E-state index in [-0.39, 0.29) is 19.0 Å². The second-order valence-electron chi connectivity index (χ2n) is 3.23. The van der Waals surface area contributed by atoms with Crippen molar-refractivity contribution in [3.05, 3.63) is 34.3 Å². The lowest BCUT2D eigenvalue weighted by atomic mass is 10.0. The molecular weight excluding hydrogens is 312 g/mol. The Kier molecular flexibility index (Phi) is 7.34. The predicted octanol–water partition coefficient (Wildman–Crippen LogP) is 2.77. The minimum atomic E-state index is -1.84. The number of carbonyl (C=O) groups excluding carboxylic acids is 1. The Morgan fingerprint density at radius 1 is 1.59 bits per heavy atom. The summed E-state index contributed by atoms with van der Waals surface area (Å²) >= 11 is 3.25. The zero-order valence-corrected chi connectivity index (χ0v) is 11.6. The zero-order chi connectivity index (χ0) is 12.1. The highest BCUT2D eigenvalue weighted by atomic mass is 79.9. The second kappa shape index (κ2) is 7.63. The Labute approximate surface area is 114 Å². The van der Waals surface area contributed by atoms with Crippen molar-refractivity contribution < 1.29 is 13.9 Å². The lowest BCUT2D eigenvalue weighted by Gasteiger charge is -2.15. The van der Waals surface area contributed by atoms with Gasteiger partial charge in [0.1, 0.15) is 0 Å².